The third-order valence-electron chi connectivity index (χ3n) is 6.31. The minimum absolute atomic E-state index is 0. The molecule has 0 aliphatic rings. The van der Waals surface area contributed by atoms with Crippen LogP contribution in [0.4, 0.5) is 4.79 Å². The van der Waals surface area contributed by atoms with Crippen LogP contribution in [0.15, 0.2) is 48.5 Å². The molecule has 2 amide bonds. The molecule has 43 heavy (non-hydrogen) atoms. The fourth-order valence-corrected chi connectivity index (χ4v) is 3.76. The number of carbonyl (C=O) groups is 3. The Labute approximate surface area is 252 Å². The van der Waals surface area contributed by atoms with Crippen LogP contribution in [0.25, 0.3) is 5.65 Å². The van der Waals surface area contributed by atoms with Gasteiger partial charge in [-0.3, -0.25) is 14.0 Å². The van der Waals surface area contributed by atoms with Gasteiger partial charge in [-0.15, -0.1) is 10.2 Å². The lowest BCUT2D eigenvalue weighted by Gasteiger charge is -2.24. The molecule has 0 unspecified atom stereocenters. The first-order chi connectivity index (χ1) is 20.0. The third-order valence-corrected chi connectivity index (χ3v) is 6.31. The molecule has 6 N–H and O–H groups in total. The summed E-state index contributed by atoms with van der Waals surface area (Å²) in [5.74, 6) is -0.489. The number of benzene rings is 1. The molecular weight excluding hydrogens is 554 g/mol. The molecule has 1 aromatic carbocycles. The largest absolute Gasteiger partial charge is 0.464 e. The third kappa shape index (κ3) is 10.6. The average Bonchev–Trinajstić information content (AvgIpc) is 3.39. The Morgan fingerprint density at radius 1 is 1.00 bits per heavy atom. The second-order valence-electron chi connectivity index (χ2n) is 10.8. The molecule has 0 bridgehead atoms. The smallest absolute Gasteiger partial charge is 0.407 e. The number of rotatable bonds is 15. The Morgan fingerprint density at radius 2 is 1.72 bits per heavy atom. The Hall–Kier alpha value is -4.07. The summed E-state index contributed by atoms with van der Waals surface area (Å²) in [6, 6.07) is 13.6. The maximum Gasteiger partial charge on any atom is 0.407 e. The van der Waals surface area contributed by atoms with E-state index >= 15 is 0 Å². The van der Waals surface area contributed by atoms with E-state index in [1.807, 2.05) is 44.2 Å². The van der Waals surface area contributed by atoms with E-state index in [1.54, 1.807) is 36.4 Å². The maximum absolute atomic E-state index is 12.8. The molecule has 0 fully saturated rings. The number of nitrogens with one attached hydrogen (secondary N) is 2. The first-order valence-corrected chi connectivity index (χ1v) is 13.8. The predicted molar refractivity (Wildman–Crippen MR) is 162 cm³/mol. The Balaban J connectivity index is 0.00000645. The number of esters is 1. The van der Waals surface area contributed by atoms with Crippen molar-refractivity contribution in [3.05, 3.63) is 65.6 Å². The molecule has 236 valence electrons. The second-order valence-corrected chi connectivity index (χ2v) is 10.8. The van der Waals surface area contributed by atoms with Crippen LogP contribution in [-0.2, 0) is 37.0 Å². The van der Waals surface area contributed by atoms with Gasteiger partial charge in [0.25, 0.3) is 0 Å². The fourth-order valence-electron chi connectivity index (χ4n) is 3.76. The van der Waals surface area contributed by atoms with Crippen molar-refractivity contribution in [2.45, 2.75) is 72.4 Å². The summed E-state index contributed by atoms with van der Waals surface area (Å²) < 4.78 is 18.2. The van der Waals surface area contributed by atoms with Gasteiger partial charge in [0.1, 0.15) is 18.7 Å². The lowest BCUT2D eigenvalue weighted by Crippen LogP contribution is -2.51. The van der Waals surface area contributed by atoms with E-state index in [0.29, 0.717) is 30.2 Å². The van der Waals surface area contributed by atoms with Gasteiger partial charge in [-0.1, -0.05) is 57.7 Å². The van der Waals surface area contributed by atoms with Crippen LogP contribution in [-0.4, -0.2) is 63.9 Å². The summed E-state index contributed by atoms with van der Waals surface area (Å²) in [6.07, 6.45) is -0.244. The highest BCUT2D eigenvalue weighted by Crippen LogP contribution is 2.18. The van der Waals surface area contributed by atoms with Gasteiger partial charge in [-0.25, -0.2) is 4.79 Å². The van der Waals surface area contributed by atoms with Gasteiger partial charge in [-0.05, 0) is 43.9 Å². The van der Waals surface area contributed by atoms with Gasteiger partial charge in [0.05, 0.1) is 31.1 Å². The van der Waals surface area contributed by atoms with Crippen molar-refractivity contribution < 1.29 is 28.6 Å². The van der Waals surface area contributed by atoms with Crippen molar-refractivity contribution in [2.24, 2.45) is 17.4 Å². The molecule has 2 atom stereocenters. The molecule has 0 aliphatic carbocycles. The second kappa shape index (κ2) is 16.5. The van der Waals surface area contributed by atoms with Crippen LogP contribution in [0.2, 0.25) is 0 Å². The van der Waals surface area contributed by atoms with Gasteiger partial charge in [0.2, 0.25) is 5.91 Å². The molecule has 3 rings (SSSR count). The van der Waals surface area contributed by atoms with Crippen LogP contribution in [0.1, 0.15) is 64.7 Å². The van der Waals surface area contributed by atoms with Crippen molar-refractivity contribution in [1.82, 2.24) is 25.2 Å². The van der Waals surface area contributed by atoms with Crippen molar-refractivity contribution in [2.75, 3.05) is 19.8 Å². The first-order valence-electron chi connectivity index (χ1n) is 13.8. The fraction of sp³-hybridized carbons (Fsp3) is 0.500. The molecule has 0 saturated carbocycles. The molecule has 0 radical (unpaired) electrons. The Bertz CT molecular complexity index is 1320. The summed E-state index contributed by atoms with van der Waals surface area (Å²) in [7, 11) is 0. The van der Waals surface area contributed by atoms with E-state index in [0.717, 1.165) is 5.56 Å². The predicted octanol–water partition coefficient (Wildman–Crippen LogP) is 2.62. The van der Waals surface area contributed by atoms with Crippen LogP contribution in [0, 0.1) is 5.92 Å². The summed E-state index contributed by atoms with van der Waals surface area (Å²) >= 11 is 0. The highest BCUT2D eigenvalue weighted by molar-refractivity contribution is 5.85. The number of aromatic nitrogens is 3. The summed E-state index contributed by atoms with van der Waals surface area (Å²) in [5.41, 5.74) is 12.7. The zero-order chi connectivity index (χ0) is 30.7. The zero-order valence-electron chi connectivity index (χ0n) is 24.5. The quantitative estimate of drug-likeness (QED) is 0.149. The molecule has 0 spiro atoms. The minimum atomic E-state index is -1.14. The normalized spacial score (nSPS) is 12.7. The average molecular weight is 600 g/mol. The van der Waals surface area contributed by atoms with Gasteiger partial charge in [0, 0.05) is 6.54 Å². The van der Waals surface area contributed by atoms with Crippen molar-refractivity contribution in [3.8, 4) is 0 Å². The van der Waals surface area contributed by atoms with Gasteiger partial charge in [0.15, 0.2) is 11.5 Å². The van der Waals surface area contributed by atoms with E-state index in [-0.39, 0.29) is 39.7 Å². The first kappa shape index (κ1) is 35.1. The minimum Gasteiger partial charge on any atom is -0.464 e. The number of ether oxygens (including phenoxy) is 3. The van der Waals surface area contributed by atoms with Crippen molar-refractivity contribution in [3.63, 3.8) is 0 Å². The maximum atomic E-state index is 12.8. The number of nitrogens with zero attached hydrogens (tertiary/aromatic N) is 3. The van der Waals surface area contributed by atoms with Crippen LogP contribution in [0.3, 0.4) is 0 Å². The molecule has 0 saturated heterocycles. The number of hydrogen-bond acceptors (Lipinski definition) is 10. The molecule has 3 aromatic rings. The molecule has 0 aliphatic heterocycles. The zero-order valence-corrected chi connectivity index (χ0v) is 24.5. The Kier molecular flexibility index (Phi) is 13.5. The number of pyridine rings is 1. The highest BCUT2D eigenvalue weighted by atomic mass is 16.5. The Morgan fingerprint density at radius 3 is 2.40 bits per heavy atom. The number of fused-ring (bicyclic) bond motifs is 1. The SMILES string of the molecule is C.CC(C)[C@H](N)C(=O)OCCCNC(=O)OCc1cccc2nnc([C@@H](COCc3ccccc3)NC(=O)C(C)(C)N)n12. The number of alkyl carbamates (subject to hydrolysis) is 1. The molecular formula is C30H45N7O6. The van der Waals surface area contributed by atoms with Gasteiger partial charge >= 0.3 is 12.1 Å². The van der Waals surface area contributed by atoms with E-state index < -0.39 is 35.6 Å². The topological polar surface area (TPSA) is 185 Å². The van der Waals surface area contributed by atoms with Gasteiger partial charge in [-0.2, -0.15) is 0 Å². The molecule has 13 nitrogen and oxygen atoms in total. The number of hydrogen-bond donors (Lipinski definition) is 4. The van der Waals surface area contributed by atoms with E-state index in [2.05, 4.69) is 20.8 Å². The van der Waals surface area contributed by atoms with E-state index in [4.69, 9.17) is 25.7 Å². The van der Waals surface area contributed by atoms with Crippen molar-refractivity contribution >= 4 is 23.6 Å². The van der Waals surface area contributed by atoms with Crippen molar-refractivity contribution in [1.29, 1.82) is 0 Å². The molecule has 2 heterocycles. The van der Waals surface area contributed by atoms with Crippen LogP contribution >= 0.6 is 0 Å². The number of nitrogens with two attached hydrogens (primary N) is 2. The summed E-state index contributed by atoms with van der Waals surface area (Å²) in [6.45, 7) is 7.58. The van der Waals surface area contributed by atoms with E-state index in [9.17, 15) is 14.4 Å². The standard InChI is InChI=1S/C29H41N7O6.CH4/c1-19(2)24(30)26(37)41-15-9-14-32-28(39)42-17-21-12-8-13-23-34-35-25(36(21)23)22(33-27(38)29(3,4)31)18-40-16-20-10-6-5-7-11-20;/h5-8,10-13,19,22,24H,9,14-18,30-31H2,1-4H3,(H,32,39)(H,33,38);1H4/t22-,24+;/m1./s1. The number of amides is 2. The van der Waals surface area contributed by atoms with Crippen LogP contribution < -0.4 is 22.1 Å². The van der Waals surface area contributed by atoms with E-state index in [1.165, 1.54) is 0 Å². The highest BCUT2D eigenvalue weighted by Gasteiger charge is 2.28. The molecule has 13 heteroatoms. The van der Waals surface area contributed by atoms with Gasteiger partial charge < -0.3 is 36.3 Å². The van der Waals surface area contributed by atoms with Crippen LogP contribution in [0.5, 0.6) is 0 Å². The summed E-state index contributed by atoms with van der Waals surface area (Å²) in [4.78, 5) is 37.0. The monoisotopic (exact) mass is 599 g/mol. The lowest BCUT2D eigenvalue weighted by molar-refractivity contribution is -0.146. The molecule has 2 aromatic heterocycles. The lowest BCUT2D eigenvalue weighted by atomic mass is 10.1. The number of carbonyl (C=O) groups excluding carboxylic acids is 3. The summed E-state index contributed by atoms with van der Waals surface area (Å²) in [5, 5.41) is 14.1.